The van der Waals surface area contributed by atoms with Gasteiger partial charge in [0.05, 0.1) is 24.0 Å². The standard InChI is InChI=1S/C15H14F4N6O2/c16-11-5-20-23-12(11)13(26)22-10-2-1-3-24(7-10)14(27)9-4-21-25(6-9)8-15(17,18)19/h1-2,4-6,10H,3,7-8H2,(H,20,23)(H,22,26). The lowest BCUT2D eigenvalue weighted by Crippen LogP contribution is -2.47. The number of amides is 2. The minimum absolute atomic E-state index is 0.000705. The number of carbonyl (C=O) groups is 2. The molecule has 1 atom stereocenters. The summed E-state index contributed by atoms with van der Waals surface area (Å²) in [6, 6.07) is -0.594. The minimum atomic E-state index is -4.45. The average Bonchev–Trinajstić information content (AvgIpc) is 3.22. The van der Waals surface area contributed by atoms with Crippen LogP contribution in [0.25, 0.3) is 0 Å². The number of hydrogen-bond donors (Lipinski definition) is 2. The van der Waals surface area contributed by atoms with Crippen molar-refractivity contribution < 1.29 is 27.2 Å². The van der Waals surface area contributed by atoms with Crippen LogP contribution in [0.15, 0.2) is 30.7 Å². The van der Waals surface area contributed by atoms with Gasteiger partial charge in [-0.25, -0.2) is 4.39 Å². The summed E-state index contributed by atoms with van der Waals surface area (Å²) in [4.78, 5) is 25.8. The Labute approximate surface area is 149 Å². The Kier molecular flexibility index (Phi) is 4.97. The second-order valence-corrected chi connectivity index (χ2v) is 5.85. The zero-order chi connectivity index (χ0) is 19.6. The first-order chi connectivity index (χ1) is 12.7. The van der Waals surface area contributed by atoms with Gasteiger partial charge in [0.1, 0.15) is 6.54 Å². The quantitative estimate of drug-likeness (QED) is 0.608. The number of alkyl halides is 3. The van der Waals surface area contributed by atoms with Crippen LogP contribution in [0.4, 0.5) is 17.6 Å². The van der Waals surface area contributed by atoms with E-state index >= 15 is 0 Å². The van der Waals surface area contributed by atoms with E-state index in [0.717, 1.165) is 18.6 Å². The Morgan fingerprint density at radius 1 is 1.33 bits per heavy atom. The Balaban J connectivity index is 1.63. The van der Waals surface area contributed by atoms with Crippen LogP contribution in [0.2, 0.25) is 0 Å². The molecular formula is C15H14F4N6O2. The van der Waals surface area contributed by atoms with Gasteiger partial charge in [-0.1, -0.05) is 12.2 Å². The zero-order valence-corrected chi connectivity index (χ0v) is 13.7. The van der Waals surface area contributed by atoms with Crippen molar-refractivity contribution in [2.24, 2.45) is 0 Å². The van der Waals surface area contributed by atoms with Crippen molar-refractivity contribution in [2.75, 3.05) is 13.1 Å². The summed E-state index contributed by atoms with van der Waals surface area (Å²) in [6.45, 7) is -1.01. The number of H-pyrrole nitrogens is 1. The van der Waals surface area contributed by atoms with Crippen molar-refractivity contribution in [1.82, 2.24) is 30.2 Å². The van der Waals surface area contributed by atoms with Crippen LogP contribution in [-0.4, -0.2) is 62.0 Å². The molecule has 3 heterocycles. The van der Waals surface area contributed by atoms with Crippen molar-refractivity contribution >= 4 is 11.8 Å². The maximum Gasteiger partial charge on any atom is 0.408 e. The van der Waals surface area contributed by atoms with Crippen LogP contribution in [0.3, 0.4) is 0 Å². The van der Waals surface area contributed by atoms with E-state index < -0.39 is 36.4 Å². The van der Waals surface area contributed by atoms with Gasteiger partial charge in [-0.2, -0.15) is 23.4 Å². The summed E-state index contributed by atoms with van der Waals surface area (Å²) in [5, 5.41) is 11.7. The average molecular weight is 386 g/mol. The Morgan fingerprint density at radius 2 is 2.11 bits per heavy atom. The van der Waals surface area contributed by atoms with Gasteiger partial charge in [0.25, 0.3) is 11.8 Å². The van der Waals surface area contributed by atoms with Crippen molar-refractivity contribution in [1.29, 1.82) is 0 Å². The molecule has 12 heteroatoms. The molecule has 8 nitrogen and oxygen atoms in total. The normalized spacial score (nSPS) is 17.2. The van der Waals surface area contributed by atoms with Gasteiger partial charge in [-0.3, -0.25) is 19.4 Å². The number of carbonyl (C=O) groups excluding carboxylic acids is 2. The smallest absolute Gasteiger partial charge is 0.343 e. The molecule has 0 saturated carbocycles. The summed E-state index contributed by atoms with van der Waals surface area (Å²) in [6.07, 6.45) is 1.75. The maximum absolute atomic E-state index is 13.4. The lowest BCUT2D eigenvalue weighted by atomic mass is 10.1. The molecule has 1 unspecified atom stereocenters. The van der Waals surface area contributed by atoms with Gasteiger partial charge in [0.15, 0.2) is 11.5 Å². The van der Waals surface area contributed by atoms with E-state index in [1.54, 1.807) is 12.2 Å². The van der Waals surface area contributed by atoms with Crippen molar-refractivity contribution in [3.05, 3.63) is 47.8 Å². The van der Waals surface area contributed by atoms with E-state index in [9.17, 15) is 27.2 Å². The van der Waals surface area contributed by atoms with E-state index in [4.69, 9.17) is 0 Å². The van der Waals surface area contributed by atoms with E-state index in [-0.39, 0.29) is 24.3 Å². The summed E-state index contributed by atoms with van der Waals surface area (Å²) in [5.74, 6) is -2.07. The van der Waals surface area contributed by atoms with Crippen LogP contribution in [0.1, 0.15) is 20.8 Å². The molecule has 0 fully saturated rings. The molecule has 0 radical (unpaired) electrons. The minimum Gasteiger partial charge on any atom is -0.343 e. The molecule has 2 N–H and O–H groups in total. The van der Waals surface area contributed by atoms with E-state index in [2.05, 4.69) is 20.6 Å². The van der Waals surface area contributed by atoms with Gasteiger partial charge in [0.2, 0.25) is 0 Å². The lowest BCUT2D eigenvalue weighted by Gasteiger charge is -2.29. The van der Waals surface area contributed by atoms with Gasteiger partial charge in [-0.15, -0.1) is 0 Å². The first-order valence-electron chi connectivity index (χ1n) is 7.78. The number of rotatable bonds is 4. The summed E-state index contributed by atoms with van der Waals surface area (Å²) >= 11 is 0. The molecule has 0 saturated heterocycles. The summed E-state index contributed by atoms with van der Waals surface area (Å²) < 4.78 is 51.2. The molecule has 27 heavy (non-hydrogen) atoms. The third-order valence-corrected chi connectivity index (χ3v) is 3.76. The highest BCUT2D eigenvalue weighted by atomic mass is 19.4. The zero-order valence-electron chi connectivity index (χ0n) is 13.7. The number of nitrogens with one attached hydrogen (secondary N) is 2. The fourth-order valence-electron chi connectivity index (χ4n) is 2.58. The Morgan fingerprint density at radius 3 is 2.78 bits per heavy atom. The SMILES string of the molecule is O=C(NC1C=CCN(C(=O)c2cnn(CC(F)(F)F)c2)C1)c1[nH]ncc1F. The van der Waals surface area contributed by atoms with E-state index in [1.165, 1.54) is 4.90 Å². The van der Waals surface area contributed by atoms with Crippen LogP contribution in [-0.2, 0) is 6.54 Å². The van der Waals surface area contributed by atoms with Gasteiger partial charge < -0.3 is 10.2 Å². The van der Waals surface area contributed by atoms with Gasteiger partial charge in [-0.05, 0) is 0 Å². The van der Waals surface area contributed by atoms with Crippen molar-refractivity contribution in [3.63, 3.8) is 0 Å². The number of hydrogen-bond acceptors (Lipinski definition) is 4. The molecule has 0 aromatic carbocycles. The molecule has 0 spiro atoms. The van der Waals surface area contributed by atoms with Crippen LogP contribution in [0.5, 0.6) is 0 Å². The number of aromatic amines is 1. The fraction of sp³-hybridized carbons (Fsp3) is 0.333. The van der Waals surface area contributed by atoms with Gasteiger partial charge >= 0.3 is 6.18 Å². The first-order valence-corrected chi connectivity index (χ1v) is 7.78. The highest BCUT2D eigenvalue weighted by molar-refractivity contribution is 5.94. The summed E-state index contributed by atoms with van der Waals surface area (Å²) in [5.41, 5.74) is -0.334. The summed E-state index contributed by atoms with van der Waals surface area (Å²) in [7, 11) is 0. The molecule has 144 valence electrons. The number of aromatic nitrogens is 4. The van der Waals surface area contributed by atoms with Gasteiger partial charge in [0, 0.05) is 19.3 Å². The predicted octanol–water partition coefficient (Wildman–Crippen LogP) is 1.12. The molecule has 0 aliphatic carbocycles. The molecule has 1 aliphatic heterocycles. The third kappa shape index (κ3) is 4.51. The van der Waals surface area contributed by atoms with Crippen LogP contribution >= 0.6 is 0 Å². The van der Waals surface area contributed by atoms with Crippen LogP contribution in [0, 0.1) is 5.82 Å². The highest BCUT2D eigenvalue weighted by Crippen LogP contribution is 2.18. The molecule has 0 bridgehead atoms. The lowest BCUT2D eigenvalue weighted by molar-refractivity contribution is -0.142. The second-order valence-electron chi connectivity index (χ2n) is 5.85. The Hall–Kier alpha value is -3.18. The van der Waals surface area contributed by atoms with Crippen molar-refractivity contribution in [2.45, 2.75) is 18.8 Å². The predicted molar refractivity (Wildman–Crippen MR) is 83.1 cm³/mol. The van der Waals surface area contributed by atoms with Crippen LogP contribution < -0.4 is 5.32 Å². The monoisotopic (exact) mass is 386 g/mol. The van der Waals surface area contributed by atoms with E-state index in [1.807, 2.05) is 0 Å². The molecule has 2 aromatic rings. The highest BCUT2D eigenvalue weighted by Gasteiger charge is 2.29. The van der Waals surface area contributed by atoms with Crippen molar-refractivity contribution in [3.8, 4) is 0 Å². The third-order valence-electron chi connectivity index (χ3n) is 3.76. The van der Waals surface area contributed by atoms with E-state index in [0.29, 0.717) is 4.68 Å². The fourth-order valence-corrected chi connectivity index (χ4v) is 2.58. The first kappa shape index (κ1) is 18.6. The number of nitrogens with zero attached hydrogens (tertiary/aromatic N) is 4. The molecule has 1 aliphatic rings. The molecule has 2 aromatic heterocycles. The topological polar surface area (TPSA) is 95.9 Å². The maximum atomic E-state index is 13.4. The second kappa shape index (κ2) is 7.21. The molecule has 3 rings (SSSR count). The number of halogens is 4. The molecule has 2 amide bonds. The largest absolute Gasteiger partial charge is 0.408 e. The Bertz CT molecular complexity index is 872. The molecular weight excluding hydrogens is 372 g/mol.